The van der Waals surface area contributed by atoms with Crippen molar-refractivity contribution in [3.05, 3.63) is 35.4 Å². The molecule has 18 heavy (non-hydrogen) atoms. The lowest BCUT2D eigenvalue weighted by molar-refractivity contribution is 0.144. The first-order valence-corrected chi connectivity index (χ1v) is 9.46. The third kappa shape index (κ3) is 5.70. The Hall–Kier alpha value is -1.52. The van der Waals surface area contributed by atoms with E-state index in [4.69, 9.17) is 5.90 Å². The van der Waals surface area contributed by atoms with Gasteiger partial charge in [-0.1, -0.05) is 49.5 Å². The summed E-state index contributed by atoms with van der Waals surface area (Å²) >= 11 is 0. The first-order valence-electron chi connectivity index (χ1n) is 5.96. The minimum atomic E-state index is -1.35. The molecule has 0 aliphatic carbocycles. The quantitative estimate of drug-likeness (QED) is 0.382. The largest absolute Gasteiger partial charge is 0.304 e. The summed E-state index contributed by atoms with van der Waals surface area (Å²) in [5, 5.41) is 0. The van der Waals surface area contributed by atoms with Crippen LogP contribution in [0.5, 0.6) is 0 Å². The van der Waals surface area contributed by atoms with Crippen molar-refractivity contribution in [2.24, 2.45) is 5.90 Å². The van der Waals surface area contributed by atoms with E-state index in [0.29, 0.717) is 13.0 Å². The molecule has 0 saturated carbocycles. The summed E-state index contributed by atoms with van der Waals surface area (Å²) in [5.74, 6) is 14.3. The van der Waals surface area contributed by atoms with E-state index in [1.54, 1.807) is 0 Å². The highest BCUT2D eigenvalue weighted by molar-refractivity contribution is 6.83. The molecule has 0 heterocycles. The lowest BCUT2D eigenvalue weighted by Gasteiger charge is -2.03. The number of nitrogens with two attached hydrogens (primary N) is 1. The minimum absolute atomic E-state index is 0.454. The normalized spacial score (nSPS) is 10.0. The van der Waals surface area contributed by atoms with Gasteiger partial charge in [0.15, 0.2) is 0 Å². The molecule has 1 aromatic rings. The van der Waals surface area contributed by atoms with Gasteiger partial charge in [-0.15, -0.1) is 5.54 Å². The van der Waals surface area contributed by atoms with Crippen LogP contribution in [-0.2, 0) is 4.84 Å². The summed E-state index contributed by atoms with van der Waals surface area (Å²) in [5.41, 5.74) is 5.33. The molecule has 0 aliphatic rings. The van der Waals surface area contributed by atoms with Gasteiger partial charge in [-0.2, -0.15) is 0 Å². The molecule has 2 nitrogen and oxygen atoms in total. The van der Waals surface area contributed by atoms with Crippen molar-refractivity contribution >= 4 is 8.07 Å². The van der Waals surface area contributed by atoms with E-state index in [1.165, 1.54) is 0 Å². The van der Waals surface area contributed by atoms with Crippen molar-refractivity contribution < 1.29 is 4.84 Å². The Kier molecular flexibility index (Phi) is 5.68. The van der Waals surface area contributed by atoms with Crippen LogP contribution in [0, 0.1) is 23.3 Å². The van der Waals surface area contributed by atoms with Crippen molar-refractivity contribution in [3.63, 3.8) is 0 Å². The highest BCUT2D eigenvalue weighted by Gasteiger charge is 2.07. The first-order chi connectivity index (χ1) is 8.53. The van der Waals surface area contributed by atoms with E-state index in [-0.39, 0.29) is 0 Å². The second-order valence-corrected chi connectivity index (χ2v) is 9.72. The Morgan fingerprint density at radius 3 is 2.28 bits per heavy atom. The fourth-order valence-corrected chi connectivity index (χ4v) is 1.73. The number of hydrogen-bond donors (Lipinski definition) is 1. The minimum Gasteiger partial charge on any atom is -0.304 e. The van der Waals surface area contributed by atoms with E-state index in [9.17, 15) is 0 Å². The molecule has 0 bridgehead atoms. The van der Waals surface area contributed by atoms with Crippen LogP contribution in [0.25, 0.3) is 0 Å². The molecule has 0 radical (unpaired) electrons. The fourth-order valence-electron chi connectivity index (χ4n) is 1.22. The van der Waals surface area contributed by atoms with Gasteiger partial charge in [-0.05, 0) is 12.1 Å². The maximum atomic E-state index is 4.95. The van der Waals surface area contributed by atoms with Crippen LogP contribution < -0.4 is 5.90 Å². The Bertz CT molecular complexity index is 509. The Morgan fingerprint density at radius 1 is 1.11 bits per heavy atom. The molecule has 0 saturated heterocycles. The van der Waals surface area contributed by atoms with Crippen LogP contribution in [-0.4, -0.2) is 14.7 Å². The predicted octanol–water partition coefficient (Wildman–Crippen LogP) is 2.55. The van der Waals surface area contributed by atoms with Gasteiger partial charge in [-0.25, -0.2) is 5.90 Å². The smallest absolute Gasteiger partial charge is 0.129 e. The zero-order chi connectivity index (χ0) is 13.4. The zero-order valence-electron chi connectivity index (χ0n) is 11.2. The topological polar surface area (TPSA) is 35.2 Å². The fraction of sp³-hybridized carbons (Fsp3) is 0.333. The number of hydrogen-bond acceptors (Lipinski definition) is 2. The molecule has 1 rings (SSSR count). The molecule has 0 fully saturated rings. The summed E-state index contributed by atoms with van der Waals surface area (Å²) in [4.78, 5) is 4.48. The van der Waals surface area contributed by atoms with Crippen molar-refractivity contribution in [2.75, 3.05) is 6.61 Å². The first kappa shape index (κ1) is 14.5. The van der Waals surface area contributed by atoms with Gasteiger partial charge in [0.1, 0.15) is 8.07 Å². The lowest BCUT2D eigenvalue weighted by atomic mass is 10.1. The van der Waals surface area contributed by atoms with E-state index in [2.05, 4.69) is 47.8 Å². The van der Waals surface area contributed by atoms with Gasteiger partial charge >= 0.3 is 0 Å². The van der Waals surface area contributed by atoms with Crippen molar-refractivity contribution in [2.45, 2.75) is 26.1 Å². The van der Waals surface area contributed by atoms with E-state index in [0.717, 1.165) is 11.1 Å². The molecule has 3 heteroatoms. The third-order valence-corrected chi connectivity index (χ3v) is 2.94. The van der Waals surface area contributed by atoms with Gasteiger partial charge < -0.3 is 4.84 Å². The molecule has 94 valence electrons. The van der Waals surface area contributed by atoms with Gasteiger partial charge in [0.2, 0.25) is 0 Å². The Labute approximate surface area is 111 Å². The van der Waals surface area contributed by atoms with Crippen molar-refractivity contribution in [1.82, 2.24) is 0 Å². The summed E-state index contributed by atoms with van der Waals surface area (Å²) in [6.07, 6.45) is 0.631. The third-order valence-electron chi connectivity index (χ3n) is 2.07. The van der Waals surface area contributed by atoms with Crippen LogP contribution in [0.1, 0.15) is 17.5 Å². The average Bonchev–Trinajstić information content (AvgIpc) is 2.32. The maximum Gasteiger partial charge on any atom is 0.129 e. The summed E-state index contributed by atoms with van der Waals surface area (Å²) in [6.45, 7) is 7.14. The second-order valence-electron chi connectivity index (χ2n) is 4.97. The van der Waals surface area contributed by atoms with Gasteiger partial charge in [-0.3, -0.25) is 0 Å². The lowest BCUT2D eigenvalue weighted by Crippen LogP contribution is -2.16. The van der Waals surface area contributed by atoms with Crippen LogP contribution in [0.2, 0.25) is 19.6 Å². The monoisotopic (exact) mass is 257 g/mol. The second kappa shape index (κ2) is 7.03. The van der Waals surface area contributed by atoms with Crippen molar-refractivity contribution in [3.8, 4) is 23.3 Å². The number of rotatable bonds is 2. The summed E-state index contributed by atoms with van der Waals surface area (Å²) < 4.78 is 0. The van der Waals surface area contributed by atoms with Gasteiger partial charge in [0.05, 0.1) is 6.61 Å². The predicted molar refractivity (Wildman–Crippen MR) is 78.3 cm³/mol. The highest BCUT2D eigenvalue weighted by Crippen LogP contribution is 2.07. The molecule has 2 N–H and O–H groups in total. The molecular formula is C15H19NOSi. The number of benzene rings is 1. The molecule has 0 unspecified atom stereocenters. The molecule has 0 aromatic heterocycles. The molecular weight excluding hydrogens is 238 g/mol. The van der Waals surface area contributed by atoms with Gasteiger partial charge in [0.25, 0.3) is 0 Å². The van der Waals surface area contributed by atoms with Crippen LogP contribution in [0.15, 0.2) is 24.3 Å². The van der Waals surface area contributed by atoms with Crippen LogP contribution in [0.4, 0.5) is 0 Å². The van der Waals surface area contributed by atoms with E-state index >= 15 is 0 Å². The SMILES string of the molecule is C[Si](C)(C)C#Cc1ccccc1C#CCCON. The molecule has 0 spiro atoms. The van der Waals surface area contributed by atoms with E-state index < -0.39 is 8.07 Å². The molecule has 0 amide bonds. The molecule has 1 aromatic carbocycles. The van der Waals surface area contributed by atoms with Crippen LogP contribution >= 0.6 is 0 Å². The van der Waals surface area contributed by atoms with Gasteiger partial charge in [0, 0.05) is 17.5 Å². The standard InChI is InChI=1S/C15H19NOSi/c1-18(2,3)13-11-15-9-5-4-8-14(15)10-6-7-12-17-16/h4-5,8-9H,7,12,16H2,1-3H3. The highest BCUT2D eigenvalue weighted by atomic mass is 28.3. The average molecular weight is 257 g/mol. The molecule has 0 atom stereocenters. The summed E-state index contributed by atoms with van der Waals surface area (Å²) in [6, 6.07) is 7.96. The zero-order valence-corrected chi connectivity index (χ0v) is 12.2. The summed E-state index contributed by atoms with van der Waals surface area (Å²) in [7, 11) is -1.35. The Morgan fingerprint density at radius 2 is 1.72 bits per heavy atom. The van der Waals surface area contributed by atoms with Crippen molar-refractivity contribution in [1.29, 1.82) is 0 Å². The van der Waals surface area contributed by atoms with E-state index in [1.807, 2.05) is 24.3 Å². The maximum absolute atomic E-state index is 4.95. The molecule has 0 aliphatic heterocycles. The Balaban J connectivity index is 2.91. The van der Waals surface area contributed by atoms with Crippen LogP contribution in [0.3, 0.4) is 0 Å².